The van der Waals surface area contributed by atoms with Gasteiger partial charge in [0.25, 0.3) is 0 Å². The molecule has 0 bridgehead atoms. The first-order chi connectivity index (χ1) is 8.74. The average molecular weight is 249 g/mol. The first-order valence-electron chi connectivity index (χ1n) is 6.44. The average Bonchev–Trinajstić information content (AvgIpc) is 2.38. The second kappa shape index (κ2) is 8.53. The van der Waals surface area contributed by atoms with Gasteiger partial charge in [0.2, 0.25) is 0 Å². The van der Waals surface area contributed by atoms with Crippen molar-refractivity contribution < 1.29 is 4.74 Å². The van der Waals surface area contributed by atoms with Gasteiger partial charge < -0.3 is 15.4 Å². The molecule has 100 valence electrons. The molecule has 0 saturated heterocycles. The summed E-state index contributed by atoms with van der Waals surface area (Å²) < 4.78 is 5.35. The van der Waals surface area contributed by atoms with Crippen molar-refractivity contribution in [1.29, 1.82) is 5.41 Å². The maximum Gasteiger partial charge on any atom is 0.0923 e. The molecule has 1 aromatic rings. The summed E-state index contributed by atoms with van der Waals surface area (Å²) >= 11 is 0. The Morgan fingerprint density at radius 2 is 2.00 bits per heavy atom. The lowest BCUT2D eigenvalue weighted by molar-refractivity contribution is 0.146. The largest absolute Gasteiger partial charge is 0.388 e. The molecule has 0 fully saturated rings. The maximum atomic E-state index is 7.32. The first kappa shape index (κ1) is 14.5. The third kappa shape index (κ3) is 5.68. The SMILES string of the molecule is CCOCCCN(CCC(=N)N)c1ccccc1. The molecule has 0 radical (unpaired) electrons. The van der Waals surface area contributed by atoms with Gasteiger partial charge in [0.15, 0.2) is 0 Å². The Balaban J connectivity index is 2.49. The van der Waals surface area contributed by atoms with Crippen LogP contribution in [0.1, 0.15) is 19.8 Å². The summed E-state index contributed by atoms with van der Waals surface area (Å²) in [6.07, 6.45) is 1.59. The van der Waals surface area contributed by atoms with Crippen molar-refractivity contribution in [2.75, 3.05) is 31.2 Å². The van der Waals surface area contributed by atoms with Gasteiger partial charge in [0.1, 0.15) is 0 Å². The lowest BCUT2D eigenvalue weighted by Gasteiger charge is -2.24. The van der Waals surface area contributed by atoms with Crippen LogP contribution in [-0.4, -0.2) is 32.1 Å². The van der Waals surface area contributed by atoms with E-state index >= 15 is 0 Å². The molecule has 0 spiro atoms. The molecular weight excluding hydrogens is 226 g/mol. The van der Waals surface area contributed by atoms with Gasteiger partial charge in [-0.05, 0) is 25.5 Å². The zero-order valence-electron chi connectivity index (χ0n) is 11.1. The lowest BCUT2D eigenvalue weighted by atomic mass is 10.2. The third-order valence-electron chi connectivity index (χ3n) is 2.69. The van der Waals surface area contributed by atoms with Crippen LogP contribution < -0.4 is 10.6 Å². The zero-order chi connectivity index (χ0) is 13.2. The Morgan fingerprint density at radius 3 is 2.61 bits per heavy atom. The van der Waals surface area contributed by atoms with Crippen molar-refractivity contribution in [2.24, 2.45) is 5.73 Å². The second-order valence-corrected chi connectivity index (χ2v) is 4.15. The second-order valence-electron chi connectivity index (χ2n) is 4.15. The highest BCUT2D eigenvalue weighted by atomic mass is 16.5. The van der Waals surface area contributed by atoms with Gasteiger partial charge in [0, 0.05) is 38.4 Å². The molecule has 0 aliphatic heterocycles. The van der Waals surface area contributed by atoms with Gasteiger partial charge in [-0.25, -0.2) is 0 Å². The van der Waals surface area contributed by atoms with E-state index in [-0.39, 0.29) is 5.84 Å². The fraction of sp³-hybridized carbons (Fsp3) is 0.500. The Bertz CT molecular complexity index is 340. The van der Waals surface area contributed by atoms with E-state index in [1.807, 2.05) is 25.1 Å². The van der Waals surface area contributed by atoms with Gasteiger partial charge >= 0.3 is 0 Å². The summed E-state index contributed by atoms with van der Waals surface area (Å²) in [6, 6.07) is 10.2. The van der Waals surface area contributed by atoms with E-state index in [4.69, 9.17) is 15.9 Å². The molecule has 0 aromatic heterocycles. The number of hydrogen-bond donors (Lipinski definition) is 2. The normalized spacial score (nSPS) is 10.3. The summed E-state index contributed by atoms with van der Waals surface area (Å²) in [5.41, 5.74) is 6.60. The van der Waals surface area contributed by atoms with Gasteiger partial charge in [0.05, 0.1) is 5.84 Å². The molecular formula is C14H23N3O. The molecule has 18 heavy (non-hydrogen) atoms. The number of nitrogens with two attached hydrogens (primary N) is 1. The van der Waals surface area contributed by atoms with Crippen LogP contribution in [0, 0.1) is 5.41 Å². The molecule has 1 aromatic carbocycles. The highest BCUT2D eigenvalue weighted by Gasteiger charge is 2.06. The van der Waals surface area contributed by atoms with Crippen molar-refractivity contribution >= 4 is 11.5 Å². The highest BCUT2D eigenvalue weighted by Crippen LogP contribution is 2.13. The Kier molecular flexibility index (Phi) is 6.87. The van der Waals surface area contributed by atoms with E-state index in [0.717, 1.165) is 32.7 Å². The van der Waals surface area contributed by atoms with E-state index in [1.165, 1.54) is 5.69 Å². The molecule has 0 saturated carbocycles. The molecule has 0 aliphatic rings. The molecule has 4 heteroatoms. The minimum absolute atomic E-state index is 0.237. The van der Waals surface area contributed by atoms with Crippen LogP contribution in [0.4, 0.5) is 5.69 Å². The molecule has 1 rings (SSSR count). The number of nitrogens with zero attached hydrogens (tertiary/aromatic N) is 1. The van der Waals surface area contributed by atoms with E-state index in [1.54, 1.807) is 0 Å². The van der Waals surface area contributed by atoms with E-state index < -0.39 is 0 Å². The predicted molar refractivity (Wildman–Crippen MR) is 76.3 cm³/mol. The first-order valence-corrected chi connectivity index (χ1v) is 6.44. The molecule has 0 aliphatic carbocycles. The van der Waals surface area contributed by atoms with Gasteiger partial charge in [-0.15, -0.1) is 0 Å². The van der Waals surface area contributed by atoms with Gasteiger partial charge in [-0.1, -0.05) is 18.2 Å². The van der Waals surface area contributed by atoms with Crippen molar-refractivity contribution in [1.82, 2.24) is 0 Å². The van der Waals surface area contributed by atoms with Gasteiger partial charge in [-0.3, -0.25) is 5.41 Å². The number of amidine groups is 1. The highest BCUT2D eigenvalue weighted by molar-refractivity contribution is 5.77. The van der Waals surface area contributed by atoms with Gasteiger partial charge in [-0.2, -0.15) is 0 Å². The number of benzene rings is 1. The number of nitrogens with one attached hydrogen (secondary N) is 1. The fourth-order valence-corrected chi connectivity index (χ4v) is 1.77. The van der Waals surface area contributed by atoms with E-state index in [0.29, 0.717) is 6.42 Å². The van der Waals surface area contributed by atoms with Crippen LogP contribution in [0.3, 0.4) is 0 Å². The van der Waals surface area contributed by atoms with Crippen LogP contribution >= 0.6 is 0 Å². The van der Waals surface area contributed by atoms with Crippen molar-refractivity contribution in [2.45, 2.75) is 19.8 Å². The molecule has 0 atom stereocenters. The van der Waals surface area contributed by atoms with Crippen molar-refractivity contribution in [3.05, 3.63) is 30.3 Å². The Labute approximate surface area is 109 Å². The minimum Gasteiger partial charge on any atom is -0.388 e. The standard InChI is InChI=1S/C14H23N3O/c1-2-18-12-6-10-17(11-9-14(15)16)13-7-4-3-5-8-13/h3-5,7-8H,2,6,9-12H2,1H3,(H3,15,16). The maximum absolute atomic E-state index is 7.32. The Morgan fingerprint density at radius 1 is 1.28 bits per heavy atom. The van der Waals surface area contributed by atoms with Crippen LogP contribution in [-0.2, 0) is 4.74 Å². The number of rotatable bonds is 9. The number of ether oxygens (including phenoxy) is 1. The Hall–Kier alpha value is -1.55. The number of para-hydroxylation sites is 1. The predicted octanol–water partition coefficient (Wildman–Crippen LogP) is 2.25. The molecule has 0 heterocycles. The smallest absolute Gasteiger partial charge is 0.0923 e. The van der Waals surface area contributed by atoms with Crippen LogP contribution in [0.25, 0.3) is 0 Å². The third-order valence-corrected chi connectivity index (χ3v) is 2.69. The van der Waals surface area contributed by atoms with E-state index in [2.05, 4.69) is 17.0 Å². The molecule has 0 amide bonds. The zero-order valence-corrected chi connectivity index (χ0v) is 11.1. The summed E-state index contributed by atoms with van der Waals surface area (Å²) in [5, 5.41) is 7.32. The number of anilines is 1. The quantitative estimate of drug-likeness (QED) is 0.401. The molecule has 0 unspecified atom stereocenters. The van der Waals surface area contributed by atoms with Crippen LogP contribution in [0.2, 0.25) is 0 Å². The minimum atomic E-state index is 0.237. The van der Waals surface area contributed by atoms with Crippen LogP contribution in [0.5, 0.6) is 0 Å². The lowest BCUT2D eigenvalue weighted by Crippen LogP contribution is -2.29. The topological polar surface area (TPSA) is 62.3 Å². The summed E-state index contributed by atoms with van der Waals surface area (Å²) in [7, 11) is 0. The van der Waals surface area contributed by atoms with E-state index in [9.17, 15) is 0 Å². The monoisotopic (exact) mass is 249 g/mol. The summed E-state index contributed by atoms with van der Waals surface area (Å²) in [4.78, 5) is 2.25. The molecule has 3 N–H and O–H groups in total. The van der Waals surface area contributed by atoms with Crippen molar-refractivity contribution in [3.8, 4) is 0 Å². The number of hydrogen-bond acceptors (Lipinski definition) is 3. The molecule has 4 nitrogen and oxygen atoms in total. The van der Waals surface area contributed by atoms with Crippen molar-refractivity contribution in [3.63, 3.8) is 0 Å². The summed E-state index contributed by atoms with van der Waals surface area (Å²) in [6.45, 7) is 5.26. The fourth-order valence-electron chi connectivity index (χ4n) is 1.77. The van der Waals surface area contributed by atoms with Crippen LogP contribution in [0.15, 0.2) is 30.3 Å². The summed E-state index contributed by atoms with van der Waals surface area (Å²) in [5.74, 6) is 0.237.